The standard InChI is InChI=1S/C16H32N2O3/c1-6-20-15(19)16(4,17-14-7-8-14)9-10-18(5)11-12-21-13(2)3/h13-14,17H,6-12H2,1-5H3. The average molecular weight is 300 g/mol. The molecule has 0 bridgehead atoms. The lowest BCUT2D eigenvalue weighted by Crippen LogP contribution is -2.53. The number of rotatable bonds is 11. The van der Waals surface area contributed by atoms with Crippen molar-refractivity contribution in [2.24, 2.45) is 0 Å². The van der Waals surface area contributed by atoms with Crippen LogP contribution in [0.1, 0.15) is 47.0 Å². The molecule has 5 nitrogen and oxygen atoms in total. The van der Waals surface area contributed by atoms with E-state index in [4.69, 9.17) is 9.47 Å². The highest BCUT2D eigenvalue weighted by molar-refractivity contribution is 5.80. The monoisotopic (exact) mass is 300 g/mol. The Morgan fingerprint density at radius 2 is 2.05 bits per heavy atom. The zero-order valence-corrected chi connectivity index (χ0v) is 14.3. The second-order valence-corrected chi connectivity index (χ2v) is 6.44. The molecule has 1 aliphatic carbocycles. The lowest BCUT2D eigenvalue weighted by atomic mass is 9.97. The Balaban J connectivity index is 2.39. The van der Waals surface area contributed by atoms with Crippen molar-refractivity contribution < 1.29 is 14.3 Å². The summed E-state index contributed by atoms with van der Waals surface area (Å²) in [6.07, 6.45) is 3.33. The molecule has 0 aromatic carbocycles. The predicted molar refractivity (Wildman–Crippen MR) is 84.4 cm³/mol. The van der Waals surface area contributed by atoms with Crippen LogP contribution in [0.25, 0.3) is 0 Å². The summed E-state index contributed by atoms with van der Waals surface area (Å²) in [4.78, 5) is 14.4. The fourth-order valence-corrected chi connectivity index (χ4v) is 2.17. The van der Waals surface area contributed by atoms with Crippen molar-refractivity contribution in [1.82, 2.24) is 10.2 Å². The molecule has 124 valence electrons. The van der Waals surface area contributed by atoms with Gasteiger partial charge in [0.2, 0.25) is 0 Å². The van der Waals surface area contributed by atoms with Crippen molar-refractivity contribution in [1.29, 1.82) is 0 Å². The highest BCUT2D eigenvalue weighted by Gasteiger charge is 2.39. The molecule has 0 saturated heterocycles. The van der Waals surface area contributed by atoms with Gasteiger partial charge in [0.05, 0.1) is 19.3 Å². The van der Waals surface area contributed by atoms with Gasteiger partial charge in [-0.2, -0.15) is 0 Å². The van der Waals surface area contributed by atoms with Gasteiger partial charge in [-0.3, -0.25) is 10.1 Å². The van der Waals surface area contributed by atoms with E-state index < -0.39 is 5.54 Å². The summed E-state index contributed by atoms with van der Waals surface area (Å²) in [7, 11) is 2.06. The Bertz CT molecular complexity index is 319. The first-order valence-electron chi connectivity index (χ1n) is 8.12. The van der Waals surface area contributed by atoms with Gasteiger partial charge >= 0.3 is 5.97 Å². The number of likely N-dealkylation sites (N-methyl/N-ethyl adjacent to an activating group) is 1. The molecule has 0 aliphatic heterocycles. The second-order valence-electron chi connectivity index (χ2n) is 6.44. The second kappa shape index (κ2) is 8.71. The maximum atomic E-state index is 12.2. The SMILES string of the molecule is CCOC(=O)C(C)(CCN(C)CCOC(C)C)NC1CC1. The number of carbonyl (C=O) groups is 1. The number of hydrogen-bond donors (Lipinski definition) is 1. The smallest absolute Gasteiger partial charge is 0.326 e. The summed E-state index contributed by atoms with van der Waals surface area (Å²) in [5.74, 6) is -0.135. The average Bonchev–Trinajstić information content (AvgIpc) is 3.20. The molecule has 0 aromatic rings. The maximum Gasteiger partial charge on any atom is 0.326 e. The van der Waals surface area contributed by atoms with Gasteiger partial charge in [-0.05, 0) is 54.0 Å². The van der Waals surface area contributed by atoms with Crippen LogP contribution in [-0.2, 0) is 14.3 Å². The first-order chi connectivity index (χ1) is 9.87. The van der Waals surface area contributed by atoms with Crippen molar-refractivity contribution in [3.8, 4) is 0 Å². The van der Waals surface area contributed by atoms with Gasteiger partial charge in [0.15, 0.2) is 0 Å². The number of carbonyl (C=O) groups excluding carboxylic acids is 1. The molecule has 21 heavy (non-hydrogen) atoms. The highest BCUT2D eigenvalue weighted by atomic mass is 16.5. The molecule has 0 amide bonds. The summed E-state index contributed by atoms with van der Waals surface area (Å²) in [5, 5.41) is 3.45. The molecule has 5 heteroatoms. The van der Waals surface area contributed by atoms with Crippen molar-refractivity contribution in [3.05, 3.63) is 0 Å². The summed E-state index contributed by atoms with van der Waals surface area (Å²) in [6.45, 7) is 10.8. The third-order valence-corrected chi connectivity index (χ3v) is 3.74. The van der Waals surface area contributed by atoms with E-state index in [2.05, 4.69) is 17.3 Å². The highest BCUT2D eigenvalue weighted by Crippen LogP contribution is 2.25. The van der Waals surface area contributed by atoms with Crippen LogP contribution in [0.4, 0.5) is 0 Å². The van der Waals surface area contributed by atoms with Crippen molar-refractivity contribution in [3.63, 3.8) is 0 Å². The van der Waals surface area contributed by atoms with Crippen molar-refractivity contribution >= 4 is 5.97 Å². The zero-order chi connectivity index (χ0) is 15.9. The molecule has 0 heterocycles. The minimum atomic E-state index is -0.579. The topological polar surface area (TPSA) is 50.8 Å². The van der Waals surface area contributed by atoms with Gasteiger partial charge in [0.25, 0.3) is 0 Å². The normalized spacial score (nSPS) is 18.0. The Hall–Kier alpha value is -0.650. The van der Waals surface area contributed by atoms with Gasteiger partial charge < -0.3 is 14.4 Å². The zero-order valence-electron chi connectivity index (χ0n) is 14.3. The third kappa shape index (κ3) is 7.25. The van der Waals surface area contributed by atoms with Crippen LogP contribution in [0.3, 0.4) is 0 Å². The van der Waals surface area contributed by atoms with E-state index in [9.17, 15) is 4.79 Å². The van der Waals surface area contributed by atoms with Crippen LogP contribution in [0, 0.1) is 0 Å². The largest absolute Gasteiger partial charge is 0.465 e. The Kier molecular flexibility index (Phi) is 7.63. The summed E-state index contributed by atoms with van der Waals surface area (Å²) in [6, 6.07) is 0.481. The molecule has 0 radical (unpaired) electrons. The van der Waals surface area contributed by atoms with Gasteiger partial charge in [-0.15, -0.1) is 0 Å². The molecule has 0 aromatic heterocycles. The van der Waals surface area contributed by atoms with E-state index >= 15 is 0 Å². The van der Waals surface area contributed by atoms with Crippen LogP contribution < -0.4 is 5.32 Å². The third-order valence-electron chi connectivity index (χ3n) is 3.74. The summed E-state index contributed by atoms with van der Waals surface area (Å²) >= 11 is 0. The lowest BCUT2D eigenvalue weighted by Gasteiger charge is -2.30. The molecule has 1 atom stereocenters. The lowest BCUT2D eigenvalue weighted by molar-refractivity contribution is -0.151. The van der Waals surface area contributed by atoms with Gasteiger partial charge in [-0.25, -0.2) is 0 Å². The number of nitrogens with zero attached hydrogens (tertiary/aromatic N) is 1. The molecule has 1 unspecified atom stereocenters. The van der Waals surface area contributed by atoms with Crippen LogP contribution >= 0.6 is 0 Å². The Morgan fingerprint density at radius 1 is 1.38 bits per heavy atom. The molecule has 1 N–H and O–H groups in total. The maximum absolute atomic E-state index is 12.2. The van der Waals surface area contributed by atoms with Crippen LogP contribution in [0.2, 0.25) is 0 Å². The Morgan fingerprint density at radius 3 is 2.57 bits per heavy atom. The first kappa shape index (κ1) is 18.4. The van der Waals surface area contributed by atoms with E-state index in [1.165, 1.54) is 0 Å². The number of hydrogen-bond acceptors (Lipinski definition) is 5. The van der Waals surface area contributed by atoms with Gasteiger partial charge in [-0.1, -0.05) is 0 Å². The van der Waals surface area contributed by atoms with Crippen molar-refractivity contribution in [2.45, 2.75) is 64.6 Å². The minimum Gasteiger partial charge on any atom is -0.465 e. The minimum absolute atomic E-state index is 0.135. The van der Waals surface area contributed by atoms with E-state index in [1.54, 1.807) is 0 Å². The molecule has 1 aliphatic rings. The summed E-state index contributed by atoms with van der Waals surface area (Å²) in [5.41, 5.74) is -0.579. The fourth-order valence-electron chi connectivity index (χ4n) is 2.17. The van der Waals surface area contributed by atoms with Crippen molar-refractivity contribution in [2.75, 3.05) is 33.4 Å². The number of ether oxygens (including phenoxy) is 2. The van der Waals surface area contributed by atoms with E-state index in [0.717, 1.165) is 39.0 Å². The van der Waals surface area contributed by atoms with Gasteiger partial charge in [0, 0.05) is 19.1 Å². The Labute approximate surface area is 129 Å². The molecule has 1 fully saturated rings. The molecular weight excluding hydrogens is 268 g/mol. The van der Waals surface area contributed by atoms with Gasteiger partial charge in [0.1, 0.15) is 5.54 Å². The predicted octanol–water partition coefficient (Wildman–Crippen LogP) is 1.81. The molecule has 1 rings (SSSR count). The van der Waals surface area contributed by atoms with E-state index in [1.807, 2.05) is 27.7 Å². The quantitative estimate of drug-likeness (QED) is 0.590. The van der Waals surface area contributed by atoms with Crippen LogP contribution in [0.5, 0.6) is 0 Å². The van der Waals surface area contributed by atoms with E-state index in [0.29, 0.717) is 12.6 Å². The molecule has 0 spiro atoms. The van der Waals surface area contributed by atoms with Crippen LogP contribution in [0.15, 0.2) is 0 Å². The first-order valence-corrected chi connectivity index (χ1v) is 8.12. The fraction of sp³-hybridized carbons (Fsp3) is 0.938. The summed E-state index contributed by atoms with van der Waals surface area (Å²) < 4.78 is 10.8. The van der Waals surface area contributed by atoms with E-state index in [-0.39, 0.29) is 12.1 Å². The number of nitrogens with one attached hydrogen (secondary N) is 1. The molecular formula is C16H32N2O3. The number of esters is 1. The molecule has 1 saturated carbocycles. The van der Waals surface area contributed by atoms with Crippen LogP contribution in [-0.4, -0.2) is 61.9 Å².